The molecule has 1 nitrogen and oxygen atoms in total. The molecule has 0 aliphatic rings. The van der Waals surface area contributed by atoms with Crippen LogP contribution in [0.25, 0.3) is 0 Å². The average molecular weight is 409 g/mol. The Kier molecular flexibility index (Phi) is 4.29. The molecule has 0 aliphatic carbocycles. The first-order valence-electron chi connectivity index (χ1n) is 4.14. The minimum Gasteiger partial charge on any atom is -0.203 e. The van der Waals surface area contributed by atoms with E-state index in [1.54, 1.807) is 0 Å². The van der Waals surface area contributed by atoms with Crippen LogP contribution in [0.1, 0.15) is 5.56 Å². The van der Waals surface area contributed by atoms with Crippen LogP contribution in [0.15, 0.2) is 0 Å². The molecule has 1 aromatic rings. The number of hydrogen-bond acceptors (Lipinski definition) is 1. The Morgan fingerprint density at radius 3 is 1.32 bits per heavy atom. The SMILES string of the molecule is Fc1c(F)c(F)c(C(F)(F)C(F)(F)NI)c(F)c1F. The number of rotatable bonds is 3. The molecule has 0 fully saturated rings. The predicted molar refractivity (Wildman–Crippen MR) is 52.2 cm³/mol. The van der Waals surface area contributed by atoms with Crippen molar-refractivity contribution in [3.05, 3.63) is 34.6 Å². The third-order valence-corrected chi connectivity index (χ3v) is 2.71. The molecular formula is C8HF9IN. The number of alkyl halides is 4. The van der Waals surface area contributed by atoms with Crippen LogP contribution in [0.2, 0.25) is 0 Å². The fourth-order valence-corrected chi connectivity index (χ4v) is 1.44. The van der Waals surface area contributed by atoms with Gasteiger partial charge in [0.1, 0.15) is 5.56 Å². The molecular weight excluding hydrogens is 408 g/mol. The van der Waals surface area contributed by atoms with Gasteiger partial charge in [-0.05, 0) is 0 Å². The second-order valence-electron chi connectivity index (χ2n) is 3.19. The second kappa shape index (κ2) is 5.00. The van der Waals surface area contributed by atoms with Crippen LogP contribution in [0, 0.1) is 29.1 Å². The maximum Gasteiger partial charge on any atom is 0.377 e. The standard InChI is InChI=1S/C8HF9IN/c9-2-1(7(14,15)8(16,17)19-18)3(10)5(12)6(13)4(2)11/h19H. The maximum absolute atomic E-state index is 13.2. The van der Waals surface area contributed by atoms with Crippen LogP contribution in [0.3, 0.4) is 0 Å². The summed E-state index contributed by atoms with van der Waals surface area (Å²) in [4.78, 5) is 0. The summed E-state index contributed by atoms with van der Waals surface area (Å²) in [5, 5.41) is 0. The van der Waals surface area contributed by atoms with Crippen LogP contribution in [-0.2, 0) is 5.92 Å². The van der Waals surface area contributed by atoms with Gasteiger partial charge in [0.25, 0.3) is 0 Å². The normalized spacial score (nSPS) is 12.9. The molecule has 0 aliphatic heterocycles. The van der Waals surface area contributed by atoms with E-state index in [-0.39, 0.29) is 0 Å². The molecule has 0 unspecified atom stereocenters. The van der Waals surface area contributed by atoms with E-state index >= 15 is 0 Å². The minimum atomic E-state index is -5.66. The Morgan fingerprint density at radius 2 is 1.00 bits per heavy atom. The van der Waals surface area contributed by atoms with E-state index in [0.717, 1.165) is 0 Å². The van der Waals surface area contributed by atoms with Gasteiger partial charge in [0.15, 0.2) is 23.3 Å². The second-order valence-corrected chi connectivity index (χ2v) is 3.73. The van der Waals surface area contributed by atoms with Crippen molar-refractivity contribution in [1.82, 2.24) is 3.53 Å². The van der Waals surface area contributed by atoms with Gasteiger partial charge in [-0.3, -0.25) is 0 Å². The molecule has 1 aromatic carbocycles. The zero-order chi connectivity index (χ0) is 15.2. The Balaban J connectivity index is 3.70. The molecule has 19 heavy (non-hydrogen) atoms. The monoisotopic (exact) mass is 409 g/mol. The Morgan fingerprint density at radius 1 is 0.684 bits per heavy atom. The van der Waals surface area contributed by atoms with Crippen LogP contribution in [-0.4, -0.2) is 6.05 Å². The van der Waals surface area contributed by atoms with Gasteiger partial charge >= 0.3 is 12.0 Å². The molecule has 0 bridgehead atoms. The fourth-order valence-electron chi connectivity index (χ4n) is 1.10. The van der Waals surface area contributed by atoms with Crippen molar-refractivity contribution in [1.29, 1.82) is 0 Å². The maximum atomic E-state index is 13.2. The summed E-state index contributed by atoms with van der Waals surface area (Å²) in [6.45, 7) is 0. The molecule has 1 rings (SSSR count). The lowest BCUT2D eigenvalue weighted by Crippen LogP contribution is -2.47. The van der Waals surface area contributed by atoms with E-state index in [1.807, 2.05) is 0 Å². The third-order valence-electron chi connectivity index (χ3n) is 2.04. The smallest absolute Gasteiger partial charge is 0.203 e. The summed E-state index contributed by atoms with van der Waals surface area (Å²) in [6.07, 6.45) is 0. The molecule has 0 saturated carbocycles. The molecule has 0 heterocycles. The quantitative estimate of drug-likeness (QED) is 0.199. The highest BCUT2D eigenvalue weighted by atomic mass is 127. The number of nitrogens with one attached hydrogen (secondary N) is 1. The van der Waals surface area contributed by atoms with E-state index < -0.39 is 46.6 Å². The van der Waals surface area contributed by atoms with Gasteiger partial charge in [-0.2, -0.15) is 21.1 Å². The van der Waals surface area contributed by atoms with Gasteiger partial charge in [-0.15, -0.1) is 0 Å². The van der Waals surface area contributed by atoms with E-state index in [2.05, 4.69) is 0 Å². The summed E-state index contributed by atoms with van der Waals surface area (Å²) in [7, 11) is 0. The van der Waals surface area contributed by atoms with Gasteiger partial charge in [-0.1, -0.05) is 0 Å². The molecule has 11 heteroatoms. The lowest BCUT2D eigenvalue weighted by atomic mass is 10.0. The van der Waals surface area contributed by atoms with Gasteiger partial charge in [-0.25, -0.2) is 22.0 Å². The van der Waals surface area contributed by atoms with Crippen molar-refractivity contribution < 1.29 is 39.5 Å². The van der Waals surface area contributed by atoms with E-state index in [1.165, 1.54) is 0 Å². The summed E-state index contributed by atoms with van der Waals surface area (Å²) < 4.78 is 117. The topological polar surface area (TPSA) is 12.0 Å². The van der Waals surface area contributed by atoms with Gasteiger partial charge in [0, 0.05) is 22.9 Å². The van der Waals surface area contributed by atoms with Crippen LogP contribution >= 0.6 is 22.9 Å². The van der Waals surface area contributed by atoms with Crippen molar-refractivity contribution in [3.8, 4) is 0 Å². The first-order chi connectivity index (χ1) is 8.49. The Labute approximate surface area is 113 Å². The summed E-state index contributed by atoms with van der Waals surface area (Å²) in [5.74, 6) is -19.9. The first-order valence-corrected chi connectivity index (χ1v) is 5.22. The van der Waals surface area contributed by atoms with Gasteiger partial charge < -0.3 is 0 Å². The zero-order valence-corrected chi connectivity index (χ0v) is 10.4. The fraction of sp³-hybridized carbons (Fsp3) is 0.250. The van der Waals surface area contributed by atoms with E-state index in [0.29, 0.717) is 26.4 Å². The minimum absolute atomic E-state index is 0.543. The number of benzene rings is 1. The van der Waals surface area contributed by atoms with Crippen LogP contribution in [0.5, 0.6) is 0 Å². The highest BCUT2D eigenvalue weighted by Gasteiger charge is 2.61. The van der Waals surface area contributed by atoms with Crippen LogP contribution < -0.4 is 3.53 Å². The Hall–Kier alpha value is -0.720. The average Bonchev–Trinajstić information content (AvgIpc) is 2.33. The molecule has 1 N–H and O–H groups in total. The van der Waals surface area contributed by atoms with Crippen molar-refractivity contribution in [2.45, 2.75) is 12.0 Å². The van der Waals surface area contributed by atoms with Crippen molar-refractivity contribution >= 4 is 22.9 Å². The van der Waals surface area contributed by atoms with Crippen LogP contribution in [0.4, 0.5) is 39.5 Å². The highest BCUT2D eigenvalue weighted by molar-refractivity contribution is 14.1. The third kappa shape index (κ3) is 2.37. The summed E-state index contributed by atoms with van der Waals surface area (Å²) in [5.41, 5.74) is -2.90. The molecule has 0 amide bonds. The molecule has 0 saturated heterocycles. The van der Waals surface area contributed by atoms with Crippen molar-refractivity contribution in [2.75, 3.05) is 0 Å². The predicted octanol–water partition coefficient (Wildman–Crippen LogP) is 4.01. The summed E-state index contributed by atoms with van der Waals surface area (Å²) in [6, 6.07) is -5.23. The first kappa shape index (κ1) is 16.3. The highest BCUT2D eigenvalue weighted by Crippen LogP contribution is 2.45. The molecule has 0 aromatic heterocycles. The van der Waals surface area contributed by atoms with Gasteiger partial charge in [0.2, 0.25) is 5.82 Å². The van der Waals surface area contributed by atoms with E-state index in [4.69, 9.17) is 0 Å². The van der Waals surface area contributed by atoms with Crippen molar-refractivity contribution in [2.24, 2.45) is 0 Å². The number of halogens is 10. The largest absolute Gasteiger partial charge is 0.377 e. The molecule has 108 valence electrons. The lowest BCUT2D eigenvalue weighted by molar-refractivity contribution is -0.221. The summed E-state index contributed by atoms with van der Waals surface area (Å²) >= 11 is 0.543. The van der Waals surface area contributed by atoms with E-state index in [9.17, 15) is 39.5 Å². The molecule has 0 atom stereocenters. The molecule has 0 spiro atoms. The zero-order valence-electron chi connectivity index (χ0n) is 8.28. The van der Waals surface area contributed by atoms with Gasteiger partial charge in [0.05, 0.1) is 0 Å². The Bertz CT molecular complexity index is 486. The number of hydrogen-bond donors (Lipinski definition) is 1. The lowest BCUT2D eigenvalue weighted by Gasteiger charge is -2.26. The molecule has 0 radical (unpaired) electrons. The van der Waals surface area contributed by atoms with Crippen molar-refractivity contribution in [3.63, 3.8) is 0 Å².